The summed E-state index contributed by atoms with van der Waals surface area (Å²) in [6.45, 7) is 4.86. The highest BCUT2D eigenvalue weighted by Crippen LogP contribution is 2.15. The van der Waals surface area contributed by atoms with E-state index in [9.17, 15) is 9.18 Å². The zero-order valence-corrected chi connectivity index (χ0v) is 11.4. The molecule has 2 rings (SSSR count). The number of ether oxygens (including phenoxy) is 1. The summed E-state index contributed by atoms with van der Waals surface area (Å²) in [5, 5.41) is 0. The molecule has 0 spiro atoms. The fourth-order valence-corrected chi connectivity index (χ4v) is 1.96. The molecule has 0 N–H and O–H groups in total. The van der Waals surface area contributed by atoms with Crippen molar-refractivity contribution in [2.75, 3.05) is 39.8 Å². The first-order valence-corrected chi connectivity index (χ1v) is 6.41. The van der Waals surface area contributed by atoms with Gasteiger partial charge in [0.1, 0.15) is 11.6 Å². The Morgan fingerprint density at radius 3 is 2.63 bits per heavy atom. The molecule has 0 radical (unpaired) electrons. The number of halogens is 1. The molecule has 0 atom stereocenters. The van der Waals surface area contributed by atoms with E-state index in [1.54, 1.807) is 24.0 Å². The second-order valence-corrected chi connectivity index (χ2v) is 4.88. The van der Waals surface area contributed by atoms with Crippen molar-refractivity contribution in [1.29, 1.82) is 0 Å². The number of carbonyl (C=O) groups is 1. The first-order chi connectivity index (χ1) is 9.06. The van der Waals surface area contributed by atoms with Crippen LogP contribution in [0.4, 0.5) is 4.39 Å². The van der Waals surface area contributed by atoms with Crippen LogP contribution in [0.25, 0.3) is 0 Å². The van der Waals surface area contributed by atoms with Crippen molar-refractivity contribution in [3.8, 4) is 5.75 Å². The lowest BCUT2D eigenvalue weighted by atomic mass is 10.2. The first kappa shape index (κ1) is 13.8. The Morgan fingerprint density at radius 2 is 2.00 bits per heavy atom. The van der Waals surface area contributed by atoms with Crippen LogP contribution in [0.5, 0.6) is 5.75 Å². The molecule has 1 amide bonds. The maximum atomic E-state index is 13.3. The van der Waals surface area contributed by atoms with Crippen LogP contribution in [-0.2, 0) is 4.79 Å². The molecule has 0 bridgehead atoms. The fraction of sp³-hybridized carbons (Fsp3) is 0.500. The second kappa shape index (κ2) is 6.02. The number of carbonyl (C=O) groups excluding carboxylic acids is 1. The molecule has 0 aromatic heterocycles. The average Bonchev–Trinajstić information content (AvgIpc) is 2.40. The first-order valence-electron chi connectivity index (χ1n) is 6.41. The zero-order chi connectivity index (χ0) is 13.8. The Kier molecular flexibility index (Phi) is 4.37. The number of hydrogen-bond acceptors (Lipinski definition) is 3. The number of benzene rings is 1. The van der Waals surface area contributed by atoms with Gasteiger partial charge in [-0.2, -0.15) is 0 Å². The molecule has 1 fully saturated rings. The third-order valence-corrected chi connectivity index (χ3v) is 3.36. The van der Waals surface area contributed by atoms with Crippen LogP contribution in [0.1, 0.15) is 5.56 Å². The molecule has 1 aliphatic heterocycles. The number of nitrogens with zero attached hydrogens (tertiary/aromatic N) is 2. The van der Waals surface area contributed by atoms with Crippen LogP contribution in [0.15, 0.2) is 18.2 Å². The van der Waals surface area contributed by atoms with Crippen LogP contribution in [0.3, 0.4) is 0 Å². The predicted octanol–water partition coefficient (Wildman–Crippen LogP) is 1.29. The minimum atomic E-state index is -0.315. The summed E-state index contributed by atoms with van der Waals surface area (Å²) >= 11 is 0. The highest BCUT2D eigenvalue weighted by atomic mass is 19.1. The van der Waals surface area contributed by atoms with Crippen LogP contribution >= 0.6 is 0 Å². The molecule has 19 heavy (non-hydrogen) atoms. The largest absolute Gasteiger partial charge is 0.484 e. The normalized spacial score (nSPS) is 16.5. The van der Waals surface area contributed by atoms with Gasteiger partial charge >= 0.3 is 0 Å². The summed E-state index contributed by atoms with van der Waals surface area (Å²) in [5.41, 5.74) is 0.567. The lowest BCUT2D eigenvalue weighted by molar-refractivity contribution is -0.134. The molecule has 5 heteroatoms. The van der Waals surface area contributed by atoms with Crippen molar-refractivity contribution in [2.45, 2.75) is 6.92 Å². The second-order valence-electron chi connectivity index (χ2n) is 4.88. The van der Waals surface area contributed by atoms with Gasteiger partial charge in [-0.25, -0.2) is 4.39 Å². The molecule has 0 unspecified atom stereocenters. The Balaban J connectivity index is 1.84. The molecular formula is C14H19FN2O2. The van der Waals surface area contributed by atoms with E-state index in [2.05, 4.69) is 4.90 Å². The van der Waals surface area contributed by atoms with Gasteiger partial charge in [0, 0.05) is 32.2 Å². The van der Waals surface area contributed by atoms with Gasteiger partial charge in [-0.1, -0.05) is 6.07 Å². The molecule has 1 heterocycles. The molecular weight excluding hydrogens is 247 g/mol. The van der Waals surface area contributed by atoms with E-state index in [1.807, 2.05) is 7.05 Å². The van der Waals surface area contributed by atoms with Crippen molar-refractivity contribution < 1.29 is 13.9 Å². The Bertz CT molecular complexity index is 457. The number of hydrogen-bond donors (Lipinski definition) is 0. The van der Waals surface area contributed by atoms with E-state index in [1.165, 1.54) is 6.07 Å². The van der Waals surface area contributed by atoms with Gasteiger partial charge in [0.05, 0.1) is 0 Å². The van der Waals surface area contributed by atoms with Crippen molar-refractivity contribution in [3.63, 3.8) is 0 Å². The fourth-order valence-electron chi connectivity index (χ4n) is 1.96. The Morgan fingerprint density at radius 1 is 1.32 bits per heavy atom. The van der Waals surface area contributed by atoms with Gasteiger partial charge < -0.3 is 14.5 Å². The Hall–Kier alpha value is -1.62. The maximum absolute atomic E-state index is 13.3. The molecule has 0 aliphatic carbocycles. The van der Waals surface area contributed by atoms with Crippen LogP contribution in [0.2, 0.25) is 0 Å². The van der Waals surface area contributed by atoms with E-state index < -0.39 is 0 Å². The Labute approximate surface area is 112 Å². The number of likely N-dealkylation sites (N-methyl/N-ethyl adjacent to an activating group) is 1. The third-order valence-electron chi connectivity index (χ3n) is 3.36. The molecule has 4 nitrogen and oxygen atoms in total. The minimum absolute atomic E-state index is 0.0355. The molecule has 0 saturated carbocycles. The van der Waals surface area contributed by atoms with E-state index in [4.69, 9.17) is 4.74 Å². The van der Waals surface area contributed by atoms with Crippen molar-refractivity contribution in [3.05, 3.63) is 29.6 Å². The van der Waals surface area contributed by atoms with Crippen molar-refractivity contribution >= 4 is 5.91 Å². The summed E-state index contributed by atoms with van der Waals surface area (Å²) in [6, 6.07) is 4.63. The van der Waals surface area contributed by atoms with Gasteiger partial charge in [0.2, 0.25) is 0 Å². The topological polar surface area (TPSA) is 32.8 Å². The third kappa shape index (κ3) is 3.67. The molecule has 1 aromatic rings. The highest BCUT2D eigenvalue weighted by molar-refractivity contribution is 5.77. The van der Waals surface area contributed by atoms with Gasteiger partial charge in [-0.05, 0) is 25.6 Å². The van der Waals surface area contributed by atoms with E-state index in [-0.39, 0.29) is 18.3 Å². The highest BCUT2D eigenvalue weighted by Gasteiger charge is 2.19. The molecule has 104 valence electrons. The van der Waals surface area contributed by atoms with Gasteiger partial charge in [0.15, 0.2) is 6.61 Å². The standard InChI is InChI=1S/C14H19FN2O2/c1-11-3-4-12(9-13(11)15)19-10-14(18)17-7-5-16(2)6-8-17/h3-4,9H,5-8,10H2,1-2H3. The predicted molar refractivity (Wildman–Crippen MR) is 70.7 cm³/mol. The molecule has 1 saturated heterocycles. The van der Waals surface area contributed by atoms with E-state index >= 15 is 0 Å². The van der Waals surface area contributed by atoms with Gasteiger partial charge in [0.25, 0.3) is 5.91 Å². The summed E-state index contributed by atoms with van der Waals surface area (Å²) in [7, 11) is 2.04. The minimum Gasteiger partial charge on any atom is -0.484 e. The number of rotatable bonds is 3. The monoisotopic (exact) mass is 266 g/mol. The van der Waals surface area contributed by atoms with Gasteiger partial charge in [-0.3, -0.25) is 4.79 Å². The number of amides is 1. The van der Waals surface area contributed by atoms with Crippen molar-refractivity contribution in [2.24, 2.45) is 0 Å². The quantitative estimate of drug-likeness (QED) is 0.826. The van der Waals surface area contributed by atoms with Crippen LogP contribution in [-0.4, -0.2) is 55.5 Å². The summed E-state index contributed by atoms with van der Waals surface area (Å²) in [4.78, 5) is 15.9. The smallest absolute Gasteiger partial charge is 0.260 e. The number of aryl methyl sites for hydroxylation is 1. The lowest BCUT2D eigenvalue weighted by Gasteiger charge is -2.32. The molecule has 1 aromatic carbocycles. The van der Waals surface area contributed by atoms with E-state index in [0.717, 1.165) is 26.2 Å². The molecule has 1 aliphatic rings. The average molecular weight is 266 g/mol. The van der Waals surface area contributed by atoms with Crippen LogP contribution < -0.4 is 4.74 Å². The maximum Gasteiger partial charge on any atom is 0.260 e. The summed E-state index contributed by atoms with van der Waals surface area (Å²) < 4.78 is 18.7. The zero-order valence-electron chi connectivity index (χ0n) is 11.4. The number of piperazine rings is 1. The van der Waals surface area contributed by atoms with Gasteiger partial charge in [-0.15, -0.1) is 0 Å². The summed E-state index contributed by atoms with van der Waals surface area (Å²) in [6.07, 6.45) is 0. The van der Waals surface area contributed by atoms with Crippen molar-refractivity contribution in [1.82, 2.24) is 9.80 Å². The van der Waals surface area contributed by atoms with E-state index in [0.29, 0.717) is 11.3 Å². The SMILES string of the molecule is Cc1ccc(OCC(=O)N2CCN(C)CC2)cc1F. The lowest BCUT2D eigenvalue weighted by Crippen LogP contribution is -2.48. The van der Waals surface area contributed by atoms with Crippen LogP contribution in [0, 0.1) is 12.7 Å². The summed E-state index contributed by atoms with van der Waals surface area (Å²) in [5.74, 6) is 0.0317.